The summed E-state index contributed by atoms with van der Waals surface area (Å²) in [4.78, 5) is 16.6. The van der Waals surface area contributed by atoms with Gasteiger partial charge in [-0.25, -0.2) is 0 Å². The minimum absolute atomic E-state index is 0.127. The molecule has 3 aromatic rings. The molecule has 1 aliphatic carbocycles. The molecule has 2 aromatic heterocycles. The van der Waals surface area contributed by atoms with E-state index < -0.39 is 0 Å². The molecule has 2 N–H and O–H groups in total. The Bertz CT molecular complexity index is 1030. The number of carbonyl (C=O) groups excluding carboxylic acids is 1. The molecule has 8 heteroatoms. The van der Waals surface area contributed by atoms with Crippen molar-refractivity contribution in [2.75, 3.05) is 6.79 Å². The lowest BCUT2D eigenvalue weighted by molar-refractivity contribution is 0.0888. The van der Waals surface area contributed by atoms with E-state index >= 15 is 0 Å². The summed E-state index contributed by atoms with van der Waals surface area (Å²) in [5.74, 6) is 2.12. The number of amides is 1. The van der Waals surface area contributed by atoms with Crippen molar-refractivity contribution in [3.8, 4) is 28.5 Å². The zero-order valence-electron chi connectivity index (χ0n) is 16.3. The van der Waals surface area contributed by atoms with Crippen LogP contribution in [0.3, 0.4) is 0 Å². The highest BCUT2D eigenvalue weighted by molar-refractivity contribution is 5.93. The van der Waals surface area contributed by atoms with Crippen LogP contribution in [0.2, 0.25) is 0 Å². The van der Waals surface area contributed by atoms with Crippen molar-refractivity contribution in [2.45, 2.75) is 37.8 Å². The summed E-state index contributed by atoms with van der Waals surface area (Å²) in [7, 11) is 0. The topological polar surface area (TPSA) is 98.4 Å². The summed E-state index contributed by atoms with van der Waals surface area (Å²) in [5, 5.41) is 10.2. The van der Waals surface area contributed by atoms with E-state index in [0.717, 1.165) is 54.2 Å². The fourth-order valence-corrected chi connectivity index (χ4v) is 3.84. The molecule has 1 aromatic carbocycles. The van der Waals surface area contributed by atoms with Crippen molar-refractivity contribution in [3.05, 3.63) is 54.5 Å². The number of aromatic nitrogens is 3. The molecule has 1 amide bonds. The predicted octanol–water partition coefficient (Wildman–Crippen LogP) is 3.32. The minimum atomic E-state index is -0.136. The van der Waals surface area contributed by atoms with E-state index in [-0.39, 0.29) is 24.8 Å². The number of carbonyl (C=O) groups is 1. The van der Waals surface area contributed by atoms with E-state index in [2.05, 4.69) is 20.5 Å². The highest BCUT2D eigenvalue weighted by Crippen LogP contribution is 2.36. The SMILES string of the molecule is O=C(NC1CCC(Oc2ccc3c(c2)OCO3)CC1)c1cc(-c2ccncc2)n[nH]1. The Morgan fingerprint density at radius 1 is 1.03 bits per heavy atom. The van der Waals surface area contributed by atoms with Crippen LogP contribution in [-0.4, -0.2) is 40.0 Å². The van der Waals surface area contributed by atoms with Gasteiger partial charge in [0.2, 0.25) is 6.79 Å². The second-order valence-electron chi connectivity index (χ2n) is 7.48. The van der Waals surface area contributed by atoms with Crippen molar-refractivity contribution < 1.29 is 19.0 Å². The van der Waals surface area contributed by atoms with Crippen molar-refractivity contribution in [1.29, 1.82) is 0 Å². The molecule has 154 valence electrons. The van der Waals surface area contributed by atoms with Crippen molar-refractivity contribution >= 4 is 5.91 Å². The molecule has 1 fully saturated rings. The molecule has 0 unspecified atom stereocenters. The normalized spacial score (nSPS) is 20.0. The number of rotatable bonds is 5. The smallest absolute Gasteiger partial charge is 0.269 e. The van der Waals surface area contributed by atoms with Crippen LogP contribution >= 0.6 is 0 Å². The van der Waals surface area contributed by atoms with Crippen LogP contribution in [0.15, 0.2) is 48.8 Å². The first-order valence-corrected chi connectivity index (χ1v) is 10.1. The van der Waals surface area contributed by atoms with Crippen LogP contribution in [0.25, 0.3) is 11.3 Å². The summed E-state index contributed by atoms with van der Waals surface area (Å²) in [6, 6.07) is 11.3. The number of fused-ring (bicyclic) bond motifs is 1. The van der Waals surface area contributed by atoms with Gasteiger partial charge < -0.3 is 19.5 Å². The average Bonchev–Trinajstić information content (AvgIpc) is 3.45. The molecule has 0 saturated heterocycles. The monoisotopic (exact) mass is 406 g/mol. The third kappa shape index (κ3) is 3.94. The lowest BCUT2D eigenvalue weighted by atomic mass is 9.93. The van der Waals surface area contributed by atoms with E-state index in [1.165, 1.54) is 0 Å². The van der Waals surface area contributed by atoms with Gasteiger partial charge in [-0.15, -0.1) is 0 Å². The van der Waals surface area contributed by atoms with Gasteiger partial charge in [-0.05, 0) is 56.0 Å². The van der Waals surface area contributed by atoms with Crippen molar-refractivity contribution in [3.63, 3.8) is 0 Å². The second-order valence-corrected chi connectivity index (χ2v) is 7.48. The molecular weight excluding hydrogens is 384 g/mol. The van der Waals surface area contributed by atoms with Gasteiger partial charge in [0, 0.05) is 30.1 Å². The highest BCUT2D eigenvalue weighted by atomic mass is 16.7. The molecule has 0 bridgehead atoms. The molecule has 1 aliphatic heterocycles. The van der Waals surface area contributed by atoms with Gasteiger partial charge in [0.25, 0.3) is 5.91 Å². The maximum Gasteiger partial charge on any atom is 0.269 e. The summed E-state index contributed by atoms with van der Waals surface area (Å²) in [6.45, 7) is 0.254. The standard InChI is InChI=1S/C22H22N4O4/c27-22(19-12-18(25-26-19)14-7-9-23-10-8-14)24-15-1-3-16(4-2-15)30-17-5-6-20-21(11-17)29-13-28-20/h5-12,15-16H,1-4,13H2,(H,24,27)(H,25,26). The fraction of sp³-hybridized carbons (Fsp3) is 0.318. The summed E-state index contributed by atoms with van der Waals surface area (Å²) in [6.07, 6.45) is 7.03. The van der Waals surface area contributed by atoms with Gasteiger partial charge in [-0.1, -0.05) is 0 Å². The molecule has 0 spiro atoms. The van der Waals surface area contributed by atoms with E-state index in [4.69, 9.17) is 14.2 Å². The molecule has 0 radical (unpaired) electrons. The van der Waals surface area contributed by atoms with Gasteiger partial charge in [-0.2, -0.15) is 5.10 Å². The third-order valence-electron chi connectivity index (χ3n) is 5.45. The first-order valence-electron chi connectivity index (χ1n) is 10.1. The van der Waals surface area contributed by atoms with Crippen LogP contribution in [0.4, 0.5) is 0 Å². The van der Waals surface area contributed by atoms with E-state index in [0.29, 0.717) is 5.69 Å². The molecular formula is C22H22N4O4. The molecule has 3 heterocycles. The number of aromatic amines is 1. The van der Waals surface area contributed by atoms with Crippen LogP contribution in [0.1, 0.15) is 36.2 Å². The number of ether oxygens (including phenoxy) is 3. The van der Waals surface area contributed by atoms with Gasteiger partial charge in [-0.3, -0.25) is 14.9 Å². The third-order valence-corrected chi connectivity index (χ3v) is 5.45. The van der Waals surface area contributed by atoms with Gasteiger partial charge in [0.1, 0.15) is 11.4 Å². The zero-order valence-corrected chi connectivity index (χ0v) is 16.3. The van der Waals surface area contributed by atoms with Crippen LogP contribution in [-0.2, 0) is 0 Å². The summed E-state index contributed by atoms with van der Waals surface area (Å²) < 4.78 is 16.8. The maximum atomic E-state index is 12.6. The number of hydrogen-bond acceptors (Lipinski definition) is 6. The first kappa shape index (κ1) is 18.5. The minimum Gasteiger partial charge on any atom is -0.490 e. The van der Waals surface area contributed by atoms with Gasteiger partial charge >= 0.3 is 0 Å². The Hall–Kier alpha value is -3.55. The molecule has 2 aliphatic rings. The molecule has 1 saturated carbocycles. The lowest BCUT2D eigenvalue weighted by Crippen LogP contribution is -2.39. The van der Waals surface area contributed by atoms with Gasteiger partial charge in [0.15, 0.2) is 11.5 Å². The molecule has 5 rings (SSSR count). The number of hydrogen-bond donors (Lipinski definition) is 2. The number of pyridine rings is 1. The predicted molar refractivity (Wildman–Crippen MR) is 109 cm³/mol. The highest BCUT2D eigenvalue weighted by Gasteiger charge is 2.25. The summed E-state index contributed by atoms with van der Waals surface area (Å²) in [5.41, 5.74) is 2.10. The van der Waals surface area contributed by atoms with Gasteiger partial charge in [0.05, 0.1) is 11.8 Å². The van der Waals surface area contributed by atoms with E-state index in [9.17, 15) is 4.79 Å². The lowest BCUT2D eigenvalue weighted by Gasteiger charge is -2.29. The largest absolute Gasteiger partial charge is 0.490 e. The Morgan fingerprint density at radius 3 is 2.67 bits per heavy atom. The van der Waals surface area contributed by atoms with E-state index in [1.807, 2.05) is 30.3 Å². The van der Waals surface area contributed by atoms with Crippen molar-refractivity contribution in [2.24, 2.45) is 0 Å². The van der Waals surface area contributed by atoms with Crippen LogP contribution < -0.4 is 19.5 Å². The average molecular weight is 406 g/mol. The Morgan fingerprint density at radius 2 is 1.83 bits per heavy atom. The van der Waals surface area contributed by atoms with E-state index in [1.54, 1.807) is 18.5 Å². The second kappa shape index (κ2) is 8.06. The molecule has 30 heavy (non-hydrogen) atoms. The first-order chi connectivity index (χ1) is 14.7. The number of nitrogens with zero attached hydrogens (tertiary/aromatic N) is 2. The Labute approximate surface area is 173 Å². The number of nitrogens with one attached hydrogen (secondary N) is 2. The fourth-order valence-electron chi connectivity index (χ4n) is 3.84. The number of H-pyrrole nitrogens is 1. The quantitative estimate of drug-likeness (QED) is 0.675. The zero-order chi connectivity index (χ0) is 20.3. The number of benzene rings is 1. The van der Waals surface area contributed by atoms with Crippen LogP contribution in [0, 0.1) is 0 Å². The van der Waals surface area contributed by atoms with Crippen molar-refractivity contribution in [1.82, 2.24) is 20.5 Å². The summed E-state index contributed by atoms with van der Waals surface area (Å²) >= 11 is 0. The molecule has 8 nitrogen and oxygen atoms in total. The molecule has 0 atom stereocenters. The maximum absolute atomic E-state index is 12.6. The Balaban J connectivity index is 1.13. The van der Waals surface area contributed by atoms with Crippen LogP contribution in [0.5, 0.6) is 17.2 Å². The Kier molecular flexibility index (Phi) is 4.96.